The fraction of sp³-hybridized carbons (Fsp3) is 0.750. The summed E-state index contributed by atoms with van der Waals surface area (Å²) in [7, 11) is 0. The second-order valence-corrected chi connectivity index (χ2v) is 13.1. The molecule has 5 unspecified atom stereocenters. The zero-order chi connectivity index (χ0) is 34.5. The van der Waals surface area contributed by atoms with Gasteiger partial charge in [0.1, 0.15) is 30.5 Å². The van der Waals surface area contributed by atoms with Gasteiger partial charge in [0.05, 0.1) is 5.41 Å². The maximum atomic E-state index is 13.3. The first-order valence-corrected chi connectivity index (χ1v) is 15.5. The highest BCUT2D eigenvalue weighted by molar-refractivity contribution is 5.89. The molecule has 1 saturated carbocycles. The molecule has 0 aromatic carbocycles. The van der Waals surface area contributed by atoms with Crippen LogP contribution in [-0.4, -0.2) is 94.9 Å². The predicted molar refractivity (Wildman–Crippen MR) is 154 cm³/mol. The lowest BCUT2D eigenvalue weighted by Gasteiger charge is -2.57. The van der Waals surface area contributed by atoms with Gasteiger partial charge in [-0.25, -0.2) is 4.79 Å². The number of hydrogen-bond acceptors (Lipinski definition) is 14. The first-order valence-electron chi connectivity index (χ1n) is 15.5. The zero-order valence-corrected chi connectivity index (χ0v) is 27.6. The number of aliphatic hydroxyl groups is 1. The third-order valence-corrected chi connectivity index (χ3v) is 9.90. The standard InChI is InChI=1S/C32H44O14/c1-10-11-23(37)45-26-14(2)12-22-32(31(9,46-32)29(39)44-22)27(42-18(6)35)24-15(3)20(40-16(4)33)13-21(41-17(5)34)30(24,8)28(25(26)38)43-19(7)36/h12,15,20-22,24-28,38H,10-11,13H2,1-9H3/b14-12-/t15-,20-,21?,22?,24?,25-,26?,27-,28-,30-,31+,32?/m0/s1. The van der Waals surface area contributed by atoms with E-state index in [-0.39, 0.29) is 18.4 Å². The molecule has 1 N–H and O–H groups in total. The number of carbonyl (C=O) groups is 6. The van der Waals surface area contributed by atoms with E-state index in [4.69, 9.17) is 33.2 Å². The molecule has 12 atom stereocenters. The summed E-state index contributed by atoms with van der Waals surface area (Å²) in [6.45, 7) is 12.8. The van der Waals surface area contributed by atoms with Crippen molar-refractivity contribution in [3.05, 3.63) is 11.6 Å². The van der Waals surface area contributed by atoms with Gasteiger partial charge < -0.3 is 38.3 Å². The minimum absolute atomic E-state index is 0.0177. The van der Waals surface area contributed by atoms with E-state index < -0.39 is 107 Å². The van der Waals surface area contributed by atoms with Gasteiger partial charge in [-0.2, -0.15) is 0 Å². The van der Waals surface area contributed by atoms with E-state index in [2.05, 4.69) is 0 Å². The largest absolute Gasteiger partial charge is 0.462 e. The molecule has 0 aromatic heterocycles. The van der Waals surface area contributed by atoms with Crippen LogP contribution < -0.4 is 0 Å². The molecule has 0 radical (unpaired) electrons. The van der Waals surface area contributed by atoms with Gasteiger partial charge in [-0.3, -0.25) is 24.0 Å². The van der Waals surface area contributed by atoms with Crippen molar-refractivity contribution >= 4 is 35.8 Å². The average Bonchev–Trinajstić information content (AvgIpc) is 3.52. The number of hydrogen-bond donors (Lipinski definition) is 1. The highest BCUT2D eigenvalue weighted by atomic mass is 16.7. The number of rotatable bonds is 7. The summed E-state index contributed by atoms with van der Waals surface area (Å²) in [4.78, 5) is 76.7. The monoisotopic (exact) mass is 652 g/mol. The topological polar surface area (TPSA) is 191 Å². The molecule has 4 aliphatic rings. The first kappa shape index (κ1) is 35.3. The van der Waals surface area contributed by atoms with Crippen molar-refractivity contribution in [3.63, 3.8) is 0 Å². The summed E-state index contributed by atoms with van der Waals surface area (Å²) in [6.07, 6.45) is -7.65. The van der Waals surface area contributed by atoms with Crippen LogP contribution in [0.4, 0.5) is 0 Å². The molecule has 4 rings (SSSR count). The van der Waals surface area contributed by atoms with Crippen LogP contribution in [0.3, 0.4) is 0 Å². The molecule has 0 aromatic rings. The normalized spacial score (nSPS) is 42.3. The quantitative estimate of drug-likeness (QED) is 0.181. The van der Waals surface area contributed by atoms with Crippen LogP contribution in [0.2, 0.25) is 0 Å². The van der Waals surface area contributed by atoms with Crippen LogP contribution in [0.25, 0.3) is 0 Å². The Kier molecular flexibility index (Phi) is 9.67. The van der Waals surface area contributed by atoms with Gasteiger partial charge in [-0.1, -0.05) is 20.8 Å². The van der Waals surface area contributed by atoms with Gasteiger partial charge in [0, 0.05) is 52.4 Å². The third-order valence-electron chi connectivity index (χ3n) is 9.90. The SMILES string of the molecule is CCCC(=O)OC1/C(C)=C\C2OC(=O)[C@@]3(C)OC23[C@@H](OC(C)=O)C2[C@@H](C)[C@@H](OC(C)=O)CC(OC(C)=O)[C@]2(C)[C@@H](OC(C)=O)[C@H]1O. The van der Waals surface area contributed by atoms with Gasteiger partial charge in [0.25, 0.3) is 0 Å². The van der Waals surface area contributed by atoms with Crippen molar-refractivity contribution in [2.45, 2.75) is 136 Å². The second-order valence-electron chi connectivity index (χ2n) is 13.1. The van der Waals surface area contributed by atoms with E-state index in [0.717, 1.165) is 6.92 Å². The van der Waals surface area contributed by atoms with Crippen molar-refractivity contribution in [2.75, 3.05) is 0 Å². The number of esters is 6. The third kappa shape index (κ3) is 5.78. The molecule has 2 heterocycles. The lowest BCUT2D eigenvalue weighted by molar-refractivity contribution is -0.251. The van der Waals surface area contributed by atoms with Crippen molar-refractivity contribution in [1.29, 1.82) is 0 Å². The Balaban J connectivity index is 2.09. The van der Waals surface area contributed by atoms with Gasteiger partial charge in [0.2, 0.25) is 0 Å². The smallest absolute Gasteiger partial charge is 0.342 e. The molecule has 256 valence electrons. The van der Waals surface area contributed by atoms with E-state index in [1.165, 1.54) is 33.8 Å². The molecule has 3 fully saturated rings. The van der Waals surface area contributed by atoms with Crippen LogP contribution >= 0.6 is 0 Å². The minimum atomic E-state index is -1.76. The number of aliphatic hydroxyl groups excluding tert-OH is 1. The Labute approximate surface area is 267 Å². The van der Waals surface area contributed by atoms with Gasteiger partial charge in [-0.15, -0.1) is 0 Å². The highest BCUT2D eigenvalue weighted by Gasteiger charge is 2.87. The van der Waals surface area contributed by atoms with E-state index in [0.29, 0.717) is 6.42 Å². The van der Waals surface area contributed by atoms with Crippen LogP contribution in [-0.2, 0) is 61.9 Å². The molecule has 0 amide bonds. The van der Waals surface area contributed by atoms with Crippen molar-refractivity contribution in [2.24, 2.45) is 17.3 Å². The van der Waals surface area contributed by atoms with Crippen molar-refractivity contribution in [1.82, 2.24) is 0 Å². The maximum Gasteiger partial charge on any atom is 0.342 e. The second kappa shape index (κ2) is 12.6. The molecular formula is C32H44O14. The van der Waals surface area contributed by atoms with E-state index in [1.807, 2.05) is 0 Å². The first-order chi connectivity index (χ1) is 21.3. The summed E-state index contributed by atoms with van der Waals surface area (Å²) >= 11 is 0. The van der Waals surface area contributed by atoms with Gasteiger partial charge in [-0.05, 0) is 31.9 Å². The lowest BCUT2D eigenvalue weighted by atomic mass is 9.52. The zero-order valence-electron chi connectivity index (χ0n) is 27.6. The Morgan fingerprint density at radius 1 is 0.913 bits per heavy atom. The Bertz CT molecular complexity index is 1320. The van der Waals surface area contributed by atoms with E-state index in [1.54, 1.807) is 27.7 Å². The number of ether oxygens (including phenoxy) is 7. The molecule has 2 saturated heterocycles. The molecule has 0 bridgehead atoms. The van der Waals surface area contributed by atoms with Gasteiger partial charge in [0.15, 0.2) is 23.4 Å². The van der Waals surface area contributed by atoms with E-state index in [9.17, 15) is 33.9 Å². The molecule has 2 aliphatic heterocycles. The Morgan fingerprint density at radius 3 is 2.00 bits per heavy atom. The average molecular weight is 653 g/mol. The Morgan fingerprint density at radius 2 is 1.48 bits per heavy atom. The highest BCUT2D eigenvalue weighted by Crippen LogP contribution is 2.66. The van der Waals surface area contributed by atoms with E-state index >= 15 is 0 Å². The summed E-state index contributed by atoms with van der Waals surface area (Å²) < 4.78 is 41.3. The number of carbonyl (C=O) groups excluding carboxylic acids is 6. The van der Waals surface area contributed by atoms with Crippen molar-refractivity contribution in [3.8, 4) is 0 Å². The summed E-state index contributed by atoms with van der Waals surface area (Å²) in [5.74, 6) is -6.17. The number of epoxide rings is 1. The summed E-state index contributed by atoms with van der Waals surface area (Å²) in [6, 6.07) is 0. The fourth-order valence-electron chi connectivity index (χ4n) is 7.90. The molecule has 14 nitrogen and oxygen atoms in total. The molecule has 1 spiro atoms. The molecule has 2 aliphatic carbocycles. The van der Waals surface area contributed by atoms with Crippen LogP contribution in [0, 0.1) is 17.3 Å². The summed E-state index contributed by atoms with van der Waals surface area (Å²) in [5, 5.41) is 12.2. The number of fused-ring (bicyclic) bond motifs is 1. The molecule has 14 heteroatoms. The predicted octanol–water partition coefficient (Wildman–Crippen LogP) is 1.86. The molecule has 46 heavy (non-hydrogen) atoms. The van der Waals surface area contributed by atoms with Crippen LogP contribution in [0.5, 0.6) is 0 Å². The van der Waals surface area contributed by atoms with Crippen molar-refractivity contribution < 1.29 is 67.0 Å². The van der Waals surface area contributed by atoms with Gasteiger partial charge >= 0.3 is 35.8 Å². The molecular weight excluding hydrogens is 608 g/mol. The van der Waals surface area contributed by atoms with Crippen LogP contribution in [0.15, 0.2) is 11.6 Å². The fourth-order valence-corrected chi connectivity index (χ4v) is 7.90. The summed E-state index contributed by atoms with van der Waals surface area (Å²) in [5.41, 5.74) is -4.68. The lowest BCUT2D eigenvalue weighted by Crippen LogP contribution is -2.69. The van der Waals surface area contributed by atoms with Crippen LogP contribution in [0.1, 0.15) is 81.6 Å². The Hall–Kier alpha value is -3.52. The minimum Gasteiger partial charge on any atom is -0.462 e. The maximum absolute atomic E-state index is 13.3.